The summed E-state index contributed by atoms with van der Waals surface area (Å²) in [5.41, 5.74) is 0. The third kappa shape index (κ3) is 4.70. The molecular formula is C13H25N3O3. The van der Waals surface area contributed by atoms with Gasteiger partial charge in [-0.3, -0.25) is 0 Å². The topological polar surface area (TPSA) is 72.9 Å². The lowest BCUT2D eigenvalue weighted by Gasteiger charge is -2.33. The highest BCUT2D eigenvalue weighted by molar-refractivity contribution is 5.82. The van der Waals surface area contributed by atoms with E-state index in [1.54, 1.807) is 0 Å². The van der Waals surface area contributed by atoms with Crippen LogP contribution >= 0.6 is 0 Å². The number of carbonyl (C=O) groups is 2. The highest BCUT2D eigenvalue weighted by Gasteiger charge is 2.31. The van der Waals surface area contributed by atoms with E-state index in [4.69, 9.17) is 5.11 Å². The van der Waals surface area contributed by atoms with Crippen molar-refractivity contribution in [1.82, 2.24) is 15.1 Å². The second-order valence-electron chi connectivity index (χ2n) is 4.80. The summed E-state index contributed by atoms with van der Waals surface area (Å²) in [6.45, 7) is 7.95. The molecule has 0 aromatic heterocycles. The van der Waals surface area contributed by atoms with E-state index in [1.165, 1.54) is 4.90 Å². The maximum atomic E-state index is 12.0. The lowest BCUT2D eigenvalue weighted by Crippen LogP contribution is -2.52. The van der Waals surface area contributed by atoms with Crippen LogP contribution in [0.15, 0.2) is 0 Å². The Labute approximate surface area is 114 Å². The van der Waals surface area contributed by atoms with E-state index in [-0.39, 0.29) is 6.03 Å². The standard InChI is InChI=1S/C13H25N3O3/c1-3-15(4-2)10-8-14-13(19)16-9-6-5-7-11(16)12(17)18/h11H,3-10H2,1-2H3,(H,14,19)(H,17,18). The van der Waals surface area contributed by atoms with Gasteiger partial charge in [0, 0.05) is 19.6 Å². The monoisotopic (exact) mass is 271 g/mol. The van der Waals surface area contributed by atoms with Crippen molar-refractivity contribution < 1.29 is 14.7 Å². The molecule has 6 heteroatoms. The molecule has 1 rings (SSSR count). The summed E-state index contributed by atoms with van der Waals surface area (Å²) in [6.07, 6.45) is 2.31. The number of nitrogens with zero attached hydrogens (tertiary/aromatic N) is 2. The number of nitrogens with one attached hydrogen (secondary N) is 1. The van der Waals surface area contributed by atoms with Gasteiger partial charge in [0.15, 0.2) is 0 Å². The van der Waals surface area contributed by atoms with Gasteiger partial charge in [-0.15, -0.1) is 0 Å². The first-order valence-electron chi connectivity index (χ1n) is 7.09. The lowest BCUT2D eigenvalue weighted by atomic mass is 10.0. The molecule has 0 bridgehead atoms. The highest BCUT2D eigenvalue weighted by atomic mass is 16.4. The van der Waals surface area contributed by atoms with Crippen molar-refractivity contribution in [1.29, 1.82) is 0 Å². The van der Waals surface area contributed by atoms with Gasteiger partial charge in [-0.1, -0.05) is 13.8 Å². The third-order valence-corrected chi connectivity index (χ3v) is 3.65. The molecule has 1 saturated heterocycles. The summed E-state index contributed by atoms with van der Waals surface area (Å²) in [4.78, 5) is 26.8. The third-order valence-electron chi connectivity index (χ3n) is 3.65. The normalized spacial score (nSPS) is 19.5. The van der Waals surface area contributed by atoms with Gasteiger partial charge in [0.05, 0.1) is 0 Å². The van der Waals surface area contributed by atoms with E-state index in [0.717, 1.165) is 32.5 Å². The average molecular weight is 271 g/mol. The maximum Gasteiger partial charge on any atom is 0.326 e. The number of carboxylic acid groups (broad SMARTS) is 1. The number of aliphatic carboxylic acids is 1. The summed E-state index contributed by atoms with van der Waals surface area (Å²) in [6, 6.07) is -0.915. The van der Waals surface area contributed by atoms with Gasteiger partial charge in [-0.25, -0.2) is 9.59 Å². The Hall–Kier alpha value is -1.30. The smallest absolute Gasteiger partial charge is 0.326 e. The highest BCUT2D eigenvalue weighted by Crippen LogP contribution is 2.17. The van der Waals surface area contributed by atoms with Gasteiger partial charge in [-0.05, 0) is 32.4 Å². The van der Waals surface area contributed by atoms with Crippen LogP contribution in [0.2, 0.25) is 0 Å². The number of carboxylic acids is 1. The number of piperidine rings is 1. The molecule has 110 valence electrons. The molecule has 6 nitrogen and oxygen atoms in total. The minimum atomic E-state index is -0.904. The van der Waals surface area contributed by atoms with E-state index in [1.807, 2.05) is 0 Å². The number of likely N-dealkylation sites (tertiary alicyclic amines) is 1. The Kier molecular flexibility index (Phi) is 6.62. The first kappa shape index (κ1) is 15.8. The molecule has 0 saturated carbocycles. The van der Waals surface area contributed by atoms with Gasteiger partial charge in [0.2, 0.25) is 0 Å². The summed E-state index contributed by atoms with van der Waals surface area (Å²) in [5.74, 6) is -0.904. The second-order valence-corrected chi connectivity index (χ2v) is 4.80. The minimum Gasteiger partial charge on any atom is -0.480 e. The van der Waals surface area contributed by atoms with E-state index >= 15 is 0 Å². The van der Waals surface area contributed by atoms with E-state index in [2.05, 4.69) is 24.1 Å². The Balaban J connectivity index is 2.40. The number of hydrogen-bond acceptors (Lipinski definition) is 3. The van der Waals surface area contributed by atoms with Gasteiger partial charge < -0.3 is 20.2 Å². The molecule has 0 aliphatic carbocycles. The summed E-state index contributed by atoms with van der Waals surface area (Å²) in [5, 5.41) is 11.9. The molecule has 19 heavy (non-hydrogen) atoms. The van der Waals surface area contributed by atoms with Crippen molar-refractivity contribution in [2.24, 2.45) is 0 Å². The first-order chi connectivity index (χ1) is 9.10. The van der Waals surface area contributed by atoms with Crippen molar-refractivity contribution in [3.63, 3.8) is 0 Å². The zero-order valence-electron chi connectivity index (χ0n) is 11.9. The van der Waals surface area contributed by atoms with Crippen LogP contribution in [0.25, 0.3) is 0 Å². The van der Waals surface area contributed by atoms with Crippen molar-refractivity contribution >= 4 is 12.0 Å². The average Bonchev–Trinajstić information content (AvgIpc) is 2.43. The van der Waals surface area contributed by atoms with Crippen molar-refractivity contribution in [2.75, 3.05) is 32.7 Å². The van der Waals surface area contributed by atoms with Gasteiger partial charge in [0.1, 0.15) is 6.04 Å². The molecule has 2 N–H and O–H groups in total. The van der Waals surface area contributed by atoms with Crippen LogP contribution in [-0.4, -0.2) is 65.7 Å². The molecule has 0 radical (unpaired) electrons. The molecule has 1 unspecified atom stereocenters. The van der Waals surface area contributed by atoms with Crippen LogP contribution < -0.4 is 5.32 Å². The number of amides is 2. The SMILES string of the molecule is CCN(CC)CCNC(=O)N1CCCCC1C(=O)O. The van der Waals surface area contributed by atoms with Gasteiger partial charge in [-0.2, -0.15) is 0 Å². The molecule has 1 aliphatic heterocycles. The summed E-state index contributed by atoms with van der Waals surface area (Å²) < 4.78 is 0. The van der Waals surface area contributed by atoms with Crippen LogP contribution in [-0.2, 0) is 4.79 Å². The van der Waals surface area contributed by atoms with Crippen molar-refractivity contribution in [3.05, 3.63) is 0 Å². The van der Waals surface area contributed by atoms with Crippen molar-refractivity contribution in [2.45, 2.75) is 39.2 Å². The zero-order valence-corrected chi connectivity index (χ0v) is 11.9. The van der Waals surface area contributed by atoms with E-state index in [0.29, 0.717) is 19.5 Å². The fraction of sp³-hybridized carbons (Fsp3) is 0.846. The van der Waals surface area contributed by atoms with Crippen LogP contribution in [0.4, 0.5) is 4.79 Å². The summed E-state index contributed by atoms with van der Waals surface area (Å²) >= 11 is 0. The van der Waals surface area contributed by atoms with Crippen LogP contribution in [0, 0.1) is 0 Å². The minimum absolute atomic E-state index is 0.251. The Morgan fingerprint density at radius 2 is 2.00 bits per heavy atom. The number of rotatable bonds is 6. The lowest BCUT2D eigenvalue weighted by molar-refractivity contribution is -0.143. The molecule has 2 amide bonds. The quantitative estimate of drug-likeness (QED) is 0.755. The maximum absolute atomic E-state index is 12.0. The Morgan fingerprint density at radius 1 is 1.32 bits per heavy atom. The summed E-state index contributed by atoms with van der Waals surface area (Å²) in [7, 11) is 0. The molecule has 1 fully saturated rings. The molecular weight excluding hydrogens is 246 g/mol. The van der Waals surface area contributed by atoms with Crippen LogP contribution in [0.3, 0.4) is 0 Å². The number of carbonyl (C=O) groups excluding carboxylic acids is 1. The van der Waals surface area contributed by atoms with Crippen LogP contribution in [0.1, 0.15) is 33.1 Å². The molecule has 0 spiro atoms. The first-order valence-corrected chi connectivity index (χ1v) is 7.09. The predicted octanol–water partition coefficient (Wildman–Crippen LogP) is 0.977. The molecule has 1 aliphatic rings. The van der Waals surface area contributed by atoms with E-state index in [9.17, 15) is 9.59 Å². The number of likely N-dealkylation sites (N-methyl/N-ethyl adjacent to an activating group) is 1. The Bertz CT molecular complexity index is 306. The van der Waals surface area contributed by atoms with E-state index < -0.39 is 12.0 Å². The number of urea groups is 1. The number of hydrogen-bond donors (Lipinski definition) is 2. The molecule has 0 aromatic carbocycles. The second kappa shape index (κ2) is 7.99. The molecule has 0 aromatic rings. The Morgan fingerprint density at radius 3 is 2.58 bits per heavy atom. The fourth-order valence-electron chi connectivity index (χ4n) is 2.39. The predicted molar refractivity (Wildman–Crippen MR) is 73.2 cm³/mol. The largest absolute Gasteiger partial charge is 0.480 e. The fourth-order valence-corrected chi connectivity index (χ4v) is 2.39. The molecule has 1 atom stereocenters. The van der Waals surface area contributed by atoms with Gasteiger partial charge in [0.25, 0.3) is 0 Å². The van der Waals surface area contributed by atoms with Gasteiger partial charge >= 0.3 is 12.0 Å². The zero-order chi connectivity index (χ0) is 14.3. The molecule has 1 heterocycles. The van der Waals surface area contributed by atoms with Crippen LogP contribution in [0.5, 0.6) is 0 Å². The van der Waals surface area contributed by atoms with Crippen molar-refractivity contribution in [3.8, 4) is 0 Å².